The van der Waals surface area contributed by atoms with Crippen molar-refractivity contribution in [2.75, 3.05) is 26.4 Å². The molecule has 4 rings (SSSR count). The summed E-state index contributed by atoms with van der Waals surface area (Å²) < 4.78 is 12.6. The Morgan fingerprint density at radius 1 is 1.12 bits per heavy atom. The Morgan fingerprint density at radius 3 is 2.44 bits per heavy atom. The van der Waals surface area contributed by atoms with Crippen molar-refractivity contribution in [3.05, 3.63) is 70.1 Å². The van der Waals surface area contributed by atoms with Crippen molar-refractivity contribution >= 4 is 16.7 Å². The average Bonchev–Trinajstić information content (AvgIpc) is 2.85. The third-order valence-corrected chi connectivity index (χ3v) is 6.44. The Kier molecular flexibility index (Phi) is 7.32. The Balaban J connectivity index is 1.63. The second-order valence-electron chi connectivity index (χ2n) is 9.31. The van der Waals surface area contributed by atoms with Gasteiger partial charge in [-0.1, -0.05) is 44.2 Å². The van der Waals surface area contributed by atoms with Crippen LogP contribution in [0.2, 0.25) is 0 Å². The lowest BCUT2D eigenvalue weighted by molar-refractivity contribution is 0.0486. The van der Waals surface area contributed by atoms with Gasteiger partial charge in [-0.3, -0.25) is 9.59 Å². The third-order valence-electron chi connectivity index (χ3n) is 6.44. The van der Waals surface area contributed by atoms with Crippen molar-refractivity contribution in [2.45, 2.75) is 45.6 Å². The van der Waals surface area contributed by atoms with Crippen LogP contribution in [0.4, 0.5) is 0 Å². The minimum Gasteiger partial charge on any atom is -0.494 e. The number of ether oxygens (including phenoxy) is 2. The van der Waals surface area contributed by atoms with E-state index in [1.807, 2.05) is 45.0 Å². The van der Waals surface area contributed by atoms with Gasteiger partial charge in [-0.15, -0.1) is 0 Å². The van der Waals surface area contributed by atoms with Crippen molar-refractivity contribution in [3.63, 3.8) is 0 Å². The molecule has 3 aromatic rings. The van der Waals surface area contributed by atoms with Crippen molar-refractivity contribution in [1.29, 1.82) is 0 Å². The molecule has 2 heterocycles. The first-order valence-corrected chi connectivity index (χ1v) is 12.0. The van der Waals surface area contributed by atoms with Crippen LogP contribution in [0.3, 0.4) is 0 Å². The van der Waals surface area contributed by atoms with Crippen LogP contribution in [-0.2, 0) is 16.7 Å². The molecule has 1 aromatic heterocycles. The van der Waals surface area contributed by atoms with Crippen molar-refractivity contribution in [1.82, 2.24) is 15.1 Å². The largest absolute Gasteiger partial charge is 0.494 e. The van der Waals surface area contributed by atoms with E-state index < -0.39 is 0 Å². The van der Waals surface area contributed by atoms with E-state index in [0.29, 0.717) is 43.7 Å². The first kappa shape index (κ1) is 24.0. The number of hydrogen-bond acceptors (Lipinski definition) is 5. The molecule has 0 spiro atoms. The first-order chi connectivity index (χ1) is 16.4. The number of rotatable bonds is 8. The van der Waals surface area contributed by atoms with Gasteiger partial charge in [0.05, 0.1) is 12.0 Å². The molecule has 0 aliphatic carbocycles. The predicted octanol–water partition coefficient (Wildman–Crippen LogP) is 3.93. The maximum Gasteiger partial charge on any atom is 0.274 e. The topological polar surface area (TPSA) is 82.5 Å². The molecule has 1 saturated heterocycles. The zero-order valence-electron chi connectivity index (χ0n) is 20.2. The second-order valence-corrected chi connectivity index (χ2v) is 9.31. The van der Waals surface area contributed by atoms with Gasteiger partial charge >= 0.3 is 0 Å². The molecule has 1 fully saturated rings. The van der Waals surface area contributed by atoms with Gasteiger partial charge in [0, 0.05) is 37.1 Å². The molecule has 1 N–H and O–H groups in total. The Morgan fingerprint density at radius 2 is 1.79 bits per heavy atom. The first-order valence-electron chi connectivity index (χ1n) is 12.0. The van der Waals surface area contributed by atoms with Gasteiger partial charge in [0.1, 0.15) is 5.75 Å². The SMILES string of the molecule is CCOc1ccc(C2(CNC(=O)c3nn(CC(C)C)c(=O)c4ccccc34)CCOCC2)cc1. The highest BCUT2D eigenvalue weighted by molar-refractivity contribution is 6.04. The number of carbonyl (C=O) groups excluding carboxylic acids is 1. The molecule has 7 nitrogen and oxygen atoms in total. The van der Waals surface area contributed by atoms with Crippen molar-refractivity contribution < 1.29 is 14.3 Å². The van der Waals surface area contributed by atoms with Crippen LogP contribution < -0.4 is 15.6 Å². The van der Waals surface area contributed by atoms with Crippen LogP contribution >= 0.6 is 0 Å². The lowest BCUT2D eigenvalue weighted by Crippen LogP contribution is -2.45. The highest BCUT2D eigenvalue weighted by Crippen LogP contribution is 2.35. The van der Waals surface area contributed by atoms with Gasteiger partial charge in [0.25, 0.3) is 11.5 Å². The van der Waals surface area contributed by atoms with Crippen LogP contribution in [0.25, 0.3) is 10.8 Å². The van der Waals surface area contributed by atoms with E-state index in [0.717, 1.165) is 24.2 Å². The fourth-order valence-corrected chi connectivity index (χ4v) is 4.61. The number of amides is 1. The van der Waals surface area contributed by atoms with Crippen LogP contribution in [-0.4, -0.2) is 42.1 Å². The molecule has 1 aliphatic heterocycles. The van der Waals surface area contributed by atoms with E-state index in [1.54, 1.807) is 12.1 Å². The number of carbonyl (C=O) groups is 1. The maximum atomic E-state index is 13.4. The molecule has 7 heteroatoms. The minimum atomic E-state index is -0.273. The van der Waals surface area contributed by atoms with Crippen LogP contribution in [0.1, 0.15) is 49.7 Å². The molecular formula is C27H33N3O4. The Labute approximate surface area is 200 Å². The number of nitrogens with one attached hydrogen (secondary N) is 1. The standard InChI is InChI=1S/C27H33N3O4/c1-4-34-21-11-9-20(10-12-21)27(13-15-33-16-14-27)18-28-25(31)24-22-7-5-6-8-23(22)26(32)30(29-24)17-19(2)3/h5-12,19H,4,13-18H2,1-3H3,(H,28,31). The quantitative estimate of drug-likeness (QED) is 0.547. The highest BCUT2D eigenvalue weighted by atomic mass is 16.5. The zero-order chi connectivity index (χ0) is 24.1. The summed E-state index contributed by atoms with van der Waals surface area (Å²) in [6.45, 7) is 8.83. The zero-order valence-corrected chi connectivity index (χ0v) is 20.2. The molecule has 180 valence electrons. The summed E-state index contributed by atoms with van der Waals surface area (Å²) >= 11 is 0. The molecule has 2 aromatic carbocycles. The molecule has 0 bridgehead atoms. The highest BCUT2D eigenvalue weighted by Gasteiger charge is 2.35. The maximum absolute atomic E-state index is 13.4. The smallest absolute Gasteiger partial charge is 0.274 e. The minimum absolute atomic E-state index is 0.170. The molecule has 0 saturated carbocycles. The molecule has 0 unspecified atom stereocenters. The van der Waals surface area contributed by atoms with E-state index in [2.05, 4.69) is 22.5 Å². The predicted molar refractivity (Wildman–Crippen MR) is 133 cm³/mol. The summed E-state index contributed by atoms with van der Waals surface area (Å²) in [4.78, 5) is 26.3. The molecule has 0 radical (unpaired) electrons. The fraction of sp³-hybridized carbons (Fsp3) is 0.444. The van der Waals surface area contributed by atoms with E-state index in [4.69, 9.17) is 9.47 Å². The summed E-state index contributed by atoms with van der Waals surface area (Å²) in [5.74, 6) is 0.790. The molecule has 1 aliphatic rings. The summed E-state index contributed by atoms with van der Waals surface area (Å²) in [6.07, 6.45) is 1.62. The van der Waals surface area contributed by atoms with Gasteiger partial charge < -0.3 is 14.8 Å². The van der Waals surface area contributed by atoms with Gasteiger partial charge in [-0.25, -0.2) is 4.68 Å². The number of benzene rings is 2. The van der Waals surface area contributed by atoms with Crippen LogP contribution in [0, 0.1) is 5.92 Å². The van der Waals surface area contributed by atoms with Crippen molar-refractivity contribution in [3.8, 4) is 5.75 Å². The number of hydrogen-bond donors (Lipinski definition) is 1. The van der Waals surface area contributed by atoms with Crippen molar-refractivity contribution in [2.24, 2.45) is 5.92 Å². The van der Waals surface area contributed by atoms with E-state index in [1.165, 1.54) is 4.68 Å². The van der Waals surface area contributed by atoms with E-state index in [9.17, 15) is 9.59 Å². The Bertz CT molecular complexity index is 1190. The summed E-state index contributed by atoms with van der Waals surface area (Å²) in [7, 11) is 0. The van der Waals surface area contributed by atoms with Gasteiger partial charge in [0.2, 0.25) is 0 Å². The third kappa shape index (κ3) is 4.99. The average molecular weight is 464 g/mol. The molecular weight excluding hydrogens is 430 g/mol. The number of fused-ring (bicyclic) bond motifs is 1. The summed E-state index contributed by atoms with van der Waals surface area (Å²) in [5.41, 5.74) is 1.03. The lowest BCUT2D eigenvalue weighted by atomic mass is 9.74. The van der Waals surface area contributed by atoms with Gasteiger partial charge in [-0.2, -0.15) is 5.10 Å². The van der Waals surface area contributed by atoms with E-state index >= 15 is 0 Å². The fourth-order valence-electron chi connectivity index (χ4n) is 4.61. The molecule has 1 amide bonds. The summed E-state index contributed by atoms with van der Waals surface area (Å²) in [6, 6.07) is 15.3. The molecule has 34 heavy (non-hydrogen) atoms. The van der Waals surface area contributed by atoms with Gasteiger partial charge in [0.15, 0.2) is 5.69 Å². The summed E-state index contributed by atoms with van der Waals surface area (Å²) in [5, 5.41) is 8.70. The van der Waals surface area contributed by atoms with E-state index in [-0.39, 0.29) is 28.5 Å². The normalized spacial score (nSPS) is 15.4. The lowest BCUT2D eigenvalue weighted by Gasteiger charge is -2.38. The van der Waals surface area contributed by atoms with Crippen LogP contribution in [0.5, 0.6) is 5.75 Å². The van der Waals surface area contributed by atoms with Gasteiger partial charge in [-0.05, 0) is 49.4 Å². The second kappa shape index (κ2) is 10.4. The monoisotopic (exact) mass is 463 g/mol. The number of nitrogens with zero attached hydrogens (tertiary/aromatic N) is 2. The van der Waals surface area contributed by atoms with Crippen LogP contribution in [0.15, 0.2) is 53.3 Å². The number of aromatic nitrogens is 2. The molecule has 0 atom stereocenters. The Hall–Kier alpha value is -3.19.